The lowest BCUT2D eigenvalue weighted by Crippen LogP contribution is -2.43. The fraction of sp³-hybridized carbons (Fsp3) is 0.571. The zero-order valence-electron chi connectivity index (χ0n) is 11.1. The van der Waals surface area contributed by atoms with Crippen LogP contribution in [0.2, 0.25) is 5.22 Å². The minimum Gasteiger partial charge on any atom is -0.481 e. The number of rotatable bonds is 3. The van der Waals surface area contributed by atoms with Crippen molar-refractivity contribution in [2.24, 2.45) is 5.92 Å². The van der Waals surface area contributed by atoms with E-state index < -0.39 is 17.8 Å². The fourth-order valence-electron chi connectivity index (χ4n) is 2.63. The maximum atomic E-state index is 12.0. The van der Waals surface area contributed by atoms with Crippen LogP contribution in [0.5, 0.6) is 0 Å². The van der Waals surface area contributed by atoms with E-state index in [0.717, 1.165) is 25.7 Å². The molecule has 2 rings (SSSR count). The first-order valence-corrected chi connectivity index (χ1v) is 7.24. The largest absolute Gasteiger partial charge is 0.481 e. The topological polar surface area (TPSA) is 79.5 Å². The van der Waals surface area contributed by atoms with Crippen LogP contribution in [0.4, 0.5) is 0 Å². The quantitative estimate of drug-likeness (QED) is 0.899. The number of carboxylic acids is 1. The maximum Gasteiger partial charge on any atom is 0.308 e. The van der Waals surface area contributed by atoms with Gasteiger partial charge in [-0.1, -0.05) is 25.7 Å². The van der Waals surface area contributed by atoms with E-state index in [1.165, 1.54) is 12.1 Å². The SMILES string of the molecule is O=C(NC1CCCCCCC1C(=O)O)c1ccc(Cl)o1. The van der Waals surface area contributed by atoms with Gasteiger partial charge in [0, 0.05) is 6.04 Å². The molecule has 6 heteroatoms. The van der Waals surface area contributed by atoms with Crippen LogP contribution in [-0.2, 0) is 4.79 Å². The Morgan fingerprint density at radius 3 is 2.50 bits per heavy atom. The highest BCUT2D eigenvalue weighted by Crippen LogP contribution is 2.24. The van der Waals surface area contributed by atoms with Crippen molar-refractivity contribution in [3.63, 3.8) is 0 Å². The van der Waals surface area contributed by atoms with Gasteiger partial charge in [0.25, 0.3) is 5.91 Å². The van der Waals surface area contributed by atoms with Crippen molar-refractivity contribution in [1.29, 1.82) is 0 Å². The third-order valence-electron chi connectivity index (χ3n) is 3.70. The van der Waals surface area contributed by atoms with E-state index in [9.17, 15) is 14.7 Å². The first kappa shape index (κ1) is 14.9. The molecule has 1 saturated carbocycles. The van der Waals surface area contributed by atoms with Gasteiger partial charge in [0.2, 0.25) is 0 Å². The van der Waals surface area contributed by atoms with Gasteiger partial charge in [-0.2, -0.15) is 0 Å². The Balaban J connectivity index is 2.06. The Morgan fingerprint density at radius 1 is 1.20 bits per heavy atom. The number of amides is 1. The summed E-state index contributed by atoms with van der Waals surface area (Å²) >= 11 is 5.63. The van der Waals surface area contributed by atoms with Crippen LogP contribution < -0.4 is 5.32 Å². The van der Waals surface area contributed by atoms with Crippen LogP contribution in [-0.4, -0.2) is 23.0 Å². The maximum absolute atomic E-state index is 12.0. The van der Waals surface area contributed by atoms with E-state index in [-0.39, 0.29) is 17.0 Å². The third-order valence-corrected chi connectivity index (χ3v) is 3.90. The number of carbonyl (C=O) groups excluding carboxylic acids is 1. The Hall–Kier alpha value is -1.49. The summed E-state index contributed by atoms with van der Waals surface area (Å²) in [5.41, 5.74) is 0. The summed E-state index contributed by atoms with van der Waals surface area (Å²) < 4.78 is 5.04. The second-order valence-corrected chi connectivity index (χ2v) is 5.49. The molecular formula is C14H18ClNO4. The van der Waals surface area contributed by atoms with Gasteiger partial charge >= 0.3 is 5.97 Å². The van der Waals surface area contributed by atoms with Crippen LogP contribution >= 0.6 is 11.6 Å². The molecule has 0 bridgehead atoms. The van der Waals surface area contributed by atoms with Gasteiger partial charge in [-0.25, -0.2) is 0 Å². The summed E-state index contributed by atoms with van der Waals surface area (Å²) in [6.07, 6.45) is 5.21. The summed E-state index contributed by atoms with van der Waals surface area (Å²) in [4.78, 5) is 23.4. The van der Waals surface area contributed by atoms with E-state index >= 15 is 0 Å². The fourth-order valence-corrected chi connectivity index (χ4v) is 2.77. The number of carbonyl (C=O) groups is 2. The highest BCUT2D eigenvalue weighted by Gasteiger charge is 2.30. The molecule has 0 aromatic carbocycles. The van der Waals surface area contributed by atoms with Crippen molar-refractivity contribution >= 4 is 23.5 Å². The molecule has 0 aliphatic heterocycles. The molecule has 1 fully saturated rings. The minimum atomic E-state index is -0.852. The van der Waals surface area contributed by atoms with Gasteiger partial charge < -0.3 is 14.8 Å². The van der Waals surface area contributed by atoms with Crippen molar-refractivity contribution in [1.82, 2.24) is 5.32 Å². The lowest BCUT2D eigenvalue weighted by molar-refractivity contribution is -0.143. The molecule has 1 heterocycles. The molecule has 1 aliphatic carbocycles. The smallest absolute Gasteiger partial charge is 0.308 e. The Bertz CT molecular complexity index is 485. The van der Waals surface area contributed by atoms with Gasteiger partial charge in [-0.3, -0.25) is 9.59 Å². The molecular weight excluding hydrogens is 282 g/mol. The number of aliphatic carboxylic acids is 1. The summed E-state index contributed by atoms with van der Waals surface area (Å²) in [6, 6.07) is 2.61. The summed E-state index contributed by atoms with van der Waals surface area (Å²) in [5.74, 6) is -1.69. The van der Waals surface area contributed by atoms with Crippen molar-refractivity contribution in [3.8, 4) is 0 Å². The van der Waals surface area contributed by atoms with Gasteiger partial charge in [-0.05, 0) is 36.6 Å². The van der Waals surface area contributed by atoms with E-state index in [1.54, 1.807) is 0 Å². The van der Waals surface area contributed by atoms with E-state index in [1.807, 2.05) is 0 Å². The van der Waals surface area contributed by atoms with Crippen LogP contribution in [0.15, 0.2) is 16.5 Å². The zero-order valence-corrected chi connectivity index (χ0v) is 11.9. The van der Waals surface area contributed by atoms with Crippen molar-refractivity contribution in [3.05, 3.63) is 23.1 Å². The predicted molar refractivity (Wildman–Crippen MR) is 73.8 cm³/mol. The van der Waals surface area contributed by atoms with Gasteiger partial charge in [0.15, 0.2) is 11.0 Å². The van der Waals surface area contributed by atoms with E-state index in [0.29, 0.717) is 12.8 Å². The third kappa shape index (κ3) is 3.76. The van der Waals surface area contributed by atoms with Crippen LogP contribution in [0.25, 0.3) is 0 Å². The molecule has 110 valence electrons. The molecule has 1 aromatic heterocycles. The second kappa shape index (κ2) is 6.79. The van der Waals surface area contributed by atoms with E-state index in [2.05, 4.69) is 5.32 Å². The van der Waals surface area contributed by atoms with E-state index in [4.69, 9.17) is 16.0 Å². The standard InChI is InChI=1S/C14H18ClNO4/c15-12-8-7-11(20-12)13(17)16-10-6-4-2-1-3-5-9(10)14(18)19/h7-10H,1-6H2,(H,16,17)(H,18,19). The number of furan rings is 1. The normalized spacial score (nSPS) is 23.6. The molecule has 0 spiro atoms. The van der Waals surface area contributed by atoms with Gasteiger partial charge in [-0.15, -0.1) is 0 Å². The molecule has 0 saturated heterocycles. The van der Waals surface area contributed by atoms with Crippen LogP contribution in [0.3, 0.4) is 0 Å². The van der Waals surface area contributed by atoms with Crippen molar-refractivity contribution < 1.29 is 19.1 Å². The average molecular weight is 300 g/mol. The Kier molecular flexibility index (Phi) is 5.06. The van der Waals surface area contributed by atoms with Gasteiger partial charge in [0.05, 0.1) is 5.92 Å². The number of carboxylic acid groups (broad SMARTS) is 1. The first-order valence-electron chi connectivity index (χ1n) is 6.87. The molecule has 1 aliphatic rings. The molecule has 1 aromatic rings. The molecule has 2 unspecified atom stereocenters. The second-order valence-electron chi connectivity index (χ2n) is 5.12. The monoisotopic (exact) mass is 299 g/mol. The lowest BCUT2D eigenvalue weighted by Gasteiger charge is -2.26. The van der Waals surface area contributed by atoms with Crippen LogP contribution in [0.1, 0.15) is 49.1 Å². The van der Waals surface area contributed by atoms with Crippen molar-refractivity contribution in [2.45, 2.75) is 44.6 Å². The number of hydrogen-bond donors (Lipinski definition) is 2. The molecule has 1 amide bonds. The number of nitrogens with one attached hydrogen (secondary N) is 1. The summed E-state index contributed by atoms with van der Waals surface area (Å²) in [6.45, 7) is 0. The lowest BCUT2D eigenvalue weighted by atomic mass is 9.86. The molecule has 2 N–H and O–H groups in total. The highest BCUT2D eigenvalue weighted by atomic mass is 35.5. The highest BCUT2D eigenvalue weighted by molar-refractivity contribution is 6.29. The zero-order chi connectivity index (χ0) is 14.5. The van der Waals surface area contributed by atoms with Crippen molar-refractivity contribution in [2.75, 3.05) is 0 Å². The molecule has 0 radical (unpaired) electrons. The summed E-state index contributed by atoms with van der Waals surface area (Å²) in [7, 11) is 0. The first-order chi connectivity index (χ1) is 9.58. The van der Waals surface area contributed by atoms with Crippen LogP contribution in [0, 0.1) is 5.92 Å². The molecule has 20 heavy (non-hydrogen) atoms. The number of hydrogen-bond acceptors (Lipinski definition) is 3. The number of halogens is 1. The predicted octanol–water partition coefficient (Wildman–Crippen LogP) is 3.09. The minimum absolute atomic E-state index is 0.112. The molecule has 5 nitrogen and oxygen atoms in total. The summed E-state index contributed by atoms with van der Waals surface area (Å²) in [5, 5.41) is 12.2. The van der Waals surface area contributed by atoms with Gasteiger partial charge in [0.1, 0.15) is 0 Å². The molecule has 2 atom stereocenters. The average Bonchev–Trinajstić information content (AvgIpc) is 2.79. The Morgan fingerprint density at radius 2 is 1.90 bits per heavy atom. The Labute approximate surface area is 122 Å².